The van der Waals surface area contributed by atoms with Crippen molar-refractivity contribution in [3.63, 3.8) is 0 Å². The van der Waals surface area contributed by atoms with Crippen molar-refractivity contribution in [2.45, 2.75) is 19.8 Å². The summed E-state index contributed by atoms with van der Waals surface area (Å²) in [4.78, 5) is 26.0. The van der Waals surface area contributed by atoms with Gasteiger partial charge in [0.2, 0.25) is 0 Å². The molecule has 1 saturated heterocycles. The summed E-state index contributed by atoms with van der Waals surface area (Å²) >= 11 is 6.24. The molecule has 0 bridgehead atoms. The third kappa shape index (κ3) is 4.24. The maximum atomic E-state index is 12.8. The molecule has 0 radical (unpaired) electrons. The van der Waals surface area contributed by atoms with Crippen LogP contribution in [0.5, 0.6) is 0 Å². The van der Waals surface area contributed by atoms with Crippen molar-refractivity contribution in [3.05, 3.63) is 40.6 Å². The third-order valence-electron chi connectivity index (χ3n) is 4.82. The van der Waals surface area contributed by atoms with E-state index >= 15 is 0 Å². The van der Waals surface area contributed by atoms with Crippen molar-refractivity contribution >= 4 is 23.6 Å². The van der Waals surface area contributed by atoms with E-state index in [2.05, 4.69) is 10.5 Å². The van der Waals surface area contributed by atoms with E-state index < -0.39 is 0 Å². The monoisotopic (exact) mass is 391 g/mol. The van der Waals surface area contributed by atoms with Gasteiger partial charge in [0, 0.05) is 25.2 Å². The number of nitrogens with zero attached hydrogens (tertiary/aromatic N) is 2. The molecule has 0 atom stereocenters. The molecule has 2 aromatic rings. The normalized spacial score (nSPS) is 14.9. The molecule has 1 N–H and O–H groups in total. The van der Waals surface area contributed by atoms with Gasteiger partial charge in [-0.1, -0.05) is 35.0 Å². The van der Waals surface area contributed by atoms with Gasteiger partial charge in [-0.25, -0.2) is 4.79 Å². The molecule has 1 aromatic carbocycles. The van der Waals surface area contributed by atoms with Crippen LogP contribution in [-0.4, -0.2) is 48.8 Å². The largest absolute Gasteiger partial charge is 0.453 e. The second kappa shape index (κ2) is 8.43. The highest BCUT2D eigenvalue weighted by molar-refractivity contribution is 6.33. The van der Waals surface area contributed by atoms with Crippen molar-refractivity contribution in [3.8, 4) is 11.3 Å². The van der Waals surface area contributed by atoms with Crippen LogP contribution in [0.3, 0.4) is 0 Å². The second-order valence-corrected chi connectivity index (χ2v) is 6.96. The summed E-state index contributed by atoms with van der Waals surface area (Å²) in [6.07, 6.45) is 1.33. The topological polar surface area (TPSA) is 84.7 Å². The van der Waals surface area contributed by atoms with Gasteiger partial charge in [-0.15, -0.1) is 0 Å². The van der Waals surface area contributed by atoms with E-state index in [4.69, 9.17) is 20.9 Å². The zero-order valence-corrected chi connectivity index (χ0v) is 16.1. The molecule has 1 fully saturated rings. The maximum Gasteiger partial charge on any atom is 0.409 e. The average Bonchev–Trinajstić information content (AvgIpc) is 3.07. The number of hydrogen-bond acceptors (Lipinski definition) is 5. The van der Waals surface area contributed by atoms with Crippen molar-refractivity contribution in [2.24, 2.45) is 5.92 Å². The second-order valence-electron chi connectivity index (χ2n) is 6.55. The first-order valence-corrected chi connectivity index (χ1v) is 9.21. The highest BCUT2D eigenvalue weighted by Crippen LogP contribution is 2.31. The number of ether oxygens (including phenoxy) is 1. The molecule has 2 amide bonds. The Morgan fingerprint density at radius 2 is 2.04 bits per heavy atom. The number of rotatable bonds is 4. The van der Waals surface area contributed by atoms with Gasteiger partial charge in [0.05, 0.1) is 12.1 Å². The molecular weight excluding hydrogens is 370 g/mol. The lowest BCUT2D eigenvalue weighted by Crippen LogP contribution is -2.41. The van der Waals surface area contributed by atoms with Crippen LogP contribution in [0.4, 0.5) is 4.79 Å². The van der Waals surface area contributed by atoms with Crippen LogP contribution >= 0.6 is 11.6 Å². The molecule has 7 nitrogen and oxygen atoms in total. The minimum atomic E-state index is -0.304. The fourth-order valence-electron chi connectivity index (χ4n) is 3.25. The molecule has 1 aliphatic rings. The molecule has 1 aromatic heterocycles. The molecule has 27 heavy (non-hydrogen) atoms. The van der Waals surface area contributed by atoms with Crippen LogP contribution in [-0.2, 0) is 4.74 Å². The number of halogens is 1. The summed E-state index contributed by atoms with van der Waals surface area (Å²) in [6.45, 7) is 3.49. The lowest BCUT2D eigenvalue weighted by atomic mass is 9.97. The molecule has 0 saturated carbocycles. The Morgan fingerprint density at radius 3 is 2.70 bits per heavy atom. The highest BCUT2D eigenvalue weighted by atomic mass is 35.5. The molecule has 2 heterocycles. The van der Waals surface area contributed by atoms with Crippen molar-refractivity contribution in [1.29, 1.82) is 0 Å². The van der Waals surface area contributed by atoms with Gasteiger partial charge in [-0.2, -0.15) is 0 Å². The predicted molar refractivity (Wildman–Crippen MR) is 101 cm³/mol. The minimum absolute atomic E-state index is 0.237. The number of aromatic nitrogens is 1. The Bertz CT molecular complexity index is 828. The quantitative estimate of drug-likeness (QED) is 0.862. The predicted octanol–water partition coefficient (Wildman–Crippen LogP) is 3.51. The number of carbonyl (C=O) groups is 2. The molecule has 0 aliphatic carbocycles. The van der Waals surface area contributed by atoms with Gasteiger partial charge >= 0.3 is 6.09 Å². The summed E-state index contributed by atoms with van der Waals surface area (Å²) in [5.74, 6) is 0.515. The summed E-state index contributed by atoms with van der Waals surface area (Å²) in [5, 5.41) is 7.50. The Labute approximate surface area is 162 Å². The molecule has 8 heteroatoms. The van der Waals surface area contributed by atoms with Gasteiger partial charge in [-0.05, 0) is 31.7 Å². The number of methoxy groups -OCH3 is 1. The summed E-state index contributed by atoms with van der Waals surface area (Å²) in [6, 6.07) is 7.21. The van der Waals surface area contributed by atoms with Gasteiger partial charge in [0.25, 0.3) is 5.91 Å². The zero-order valence-electron chi connectivity index (χ0n) is 15.3. The Morgan fingerprint density at radius 1 is 1.33 bits per heavy atom. The minimum Gasteiger partial charge on any atom is -0.453 e. The highest BCUT2D eigenvalue weighted by Gasteiger charge is 2.26. The number of piperidine rings is 1. The van der Waals surface area contributed by atoms with Gasteiger partial charge in [0.1, 0.15) is 17.0 Å². The first-order valence-electron chi connectivity index (χ1n) is 8.83. The molecular formula is C19H22ClN3O4. The van der Waals surface area contributed by atoms with E-state index in [1.807, 2.05) is 12.1 Å². The first-order chi connectivity index (χ1) is 13.0. The fourth-order valence-corrected chi connectivity index (χ4v) is 3.48. The lowest BCUT2D eigenvalue weighted by Gasteiger charge is -2.30. The van der Waals surface area contributed by atoms with Gasteiger partial charge < -0.3 is 19.5 Å². The summed E-state index contributed by atoms with van der Waals surface area (Å²) < 4.78 is 9.98. The standard InChI is InChI=1S/C19H22ClN3O4/c1-12-16(17(22-27-12)14-5-3-4-6-15(14)20)18(24)21-11-13-7-9-23(10-8-13)19(25)26-2/h3-6,13H,7-11H2,1-2H3,(H,21,24). The van der Waals surface area contributed by atoms with E-state index in [0.29, 0.717) is 53.2 Å². The molecule has 0 unspecified atom stereocenters. The van der Waals surface area contributed by atoms with Crippen molar-refractivity contribution < 1.29 is 18.8 Å². The van der Waals surface area contributed by atoms with Crippen LogP contribution in [0.15, 0.2) is 28.8 Å². The zero-order chi connectivity index (χ0) is 19.4. The van der Waals surface area contributed by atoms with E-state index in [0.717, 1.165) is 12.8 Å². The van der Waals surface area contributed by atoms with E-state index in [-0.39, 0.29) is 12.0 Å². The van der Waals surface area contributed by atoms with Crippen LogP contribution in [0.2, 0.25) is 5.02 Å². The maximum absolute atomic E-state index is 12.8. The molecule has 1 aliphatic heterocycles. The summed E-state index contributed by atoms with van der Waals surface area (Å²) in [5.41, 5.74) is 1.50. The van der Waals surface area contributed by atoms with Crippen molar-refractivity contribution in [2.75, 3.05) is 26.7 Å². The number of aryl methyl sites for hydroxylation is 1. The summed E-state index contributed by atoms with van der Waals surface area (Å²) in [7, 11) is 1.38. The Kier molecular flexibility index (Phi) is 6.01. The Balaban J connectivity index is 1.64. The van der Waals surface area contributed by atoms with Crippen LogP contribution in [0.1, 0.15) is 29.0 Å². The fraction of sp³-hybridized carbons (Fsp3) is 0.421. The smallest absolute Gasteiger partial charge is 0.409 e. The van der Waals surface area contributed by atoms with Gasteiger partial charge in [-0.3, -0.25) is 4.79 Å². The van der Waals surface area contributed by atoms with E-state index in [9.17, 15) is 9.59 Å². The van der Waals surface area contributed by atoms with Crippen LogP contribution < -0.4 is 5.32 Å². The lowest BCUT2D eigenvalue weighted by molar-refractivity contribution is 0.0913. The molecule has 0 spiro atoms. The van der Waals surface area contributed by atoms with E-state index in [1.165, 1.54) is 7.11 Å². The van der Waals surface area contributed by atoms with Crippen molar-refractivity contribution in [1.82, 2.24) is 15.4 Å². The number of nitrogens with one attached hydrogen (secondary N) is 1. The number of likely N-dealkylation sites (tertiary alicyclic amines) is 1. The number of carbonyl (C=O) groups excluding carboxylic acids is 2. The van der Waals surface area contributed by atoms with Crippen LogP contribution in [0.25, 0.3) is 11.3 Å². The number of hydrogen-bond donors (Lipinski definition) is 1. The van der Waals surface area contributed by atoms with Gasteiger partial charge in [0.15, 0.2) is 0 Å². The van der Waals surface area contributed by atoms with E-state index in [1.54, 1.807) is 24.0 Å². The number of amides is 2. The molecule has 3 rings (SSSR count). The Hall–Kier alpha value is -2.54. The third-order valence-corrected chi connectivity index (χ3v) is 5.15. The van der Waals surface area contributed by atoms with Crippen LogP contribution in [0, 0.1) is 12.8 Å². The molecule has 144 valence electrons. The SMILES string of the molecule is COC(=O)N1CCC(CNC(=O)c2c(-c3ccccc3Cl)noc2C)CC1. The number of benzene rings is 1. The first kappa shape index (κ1) is 19.2. The average molecular weight is 392 g/mol.